The molecule has 1 N–H and O–H groups in total. The lowest BCUT2D eigenvalue weighted by Crippen LogP contribution is -2.20. The average molecular weight is 343 g/mol. The molecule has 0 saturated heterocycles. The van der Waals surface area contributed by atoms with Gasteiger partial charge in [0.1, 0.15) is 0 Å². The lowest BCUT2D eigenvalue weighted by Gasteiger charge is -2.17. The molecule has 5 nitrogen and oxygen atoms in total. The Bertz CT molecular complexity index is 895. The molecule has 0 aliphatic carbocycles. The first-order valence-electron chi connectivity index (χ1n) is 7.72. The van der Waals surface area contributed by atoms with Gasteiger partial charge in [0.2, 0.25) is 11.7 Å². The van der Waals surface area contributed by atoms with Crippen molar-refractivity contribution in [3.05, 3.63) is 47.7 Å². The van der Waals surface area contributed by atoms with Crippen LogP contribution in [-0.4, -0.2) is 20.3 Å². The standard InChI is InChI=1S/C18H19ClN4O/c1-18(2,3)11-14(24)21-16-15(12-6-4-7-13(19)10-12)23-9-5-8-20-17(23)22-16/h4-10H,11H2,1-3H3,(H,21,24). The van der Waals surface area contributed by atoms with Gasteiger partial charge >= 0.3 is 0 Å². The van der Waals surface area contributed by atoms with E-state index in [0.717, 1.165) is 11.3 Å². The van der Waals surface area contributed by atoms with E-state index in [9.17, 15) is 4.79 Å². The zero-order valence-electron chi connectivity index (χ0n) is 13.9. The molecule has 2 heterocycles. The van der Waals surface area contributed by atoms with Crippen molar-refractivity contribution in [3.8, 4) is 11.3 Å². The van der Waals surface area contributed by atoms with Gasteiger partial charge in [-0.3, -0.25) is 9.20 Å². The monoisotopic (exact) mass is 342 g/mol. The minimum atomic E-state index is -0.0995. The fourth-order valence-corrected chi connectivity index (χ4v) is 2.73. The molecular weight excluding hydrogens is 324 g/mol. The number of anilines is 1. The summed E-state index contributed by atoms with van der Waals surface area (Å²) >= 11 is 6.13. The molecule has 0 unspecified atom stereocenters. The number of fused-ring (bicyclic) bond motifs is 1. The highest BCUT2D eigenvalue weighted by molar-refractivity contribution is 6.30. The third kappa shape index (κ3) is 3.57. The molecule has 0 atom stereocenters. The second-order valence-electron chi connectivity index (χ2n) is 6.89. The molecule has 3 aromatic rings. The van der Waals surface area contributed by atoms with E-state index in [2.05, 4.69) is 15.3 Å². The topological polar surface area (TPSA) is 59.3 Å². The molecule has 0 bridgehead atoms. The van der Waals surface area contributed by atoms with Crippen LogP contribution in [0, 0.1) is 5.41 Å². The van der Waals surface area contributed by atoms with Crippen LogP contribution in [-0.2, 0) is 4.79 Å². The summed E-state index contributed by atoms with van der Waals surface area (Å²) in [5.74, 6) is 0.943. The van der Waals surface area contributed by atoms with Crippen molar-refractivity contribution in [2.75, 3.05) is 5.32 Å². The third-order valence-electron chi connectivity index (χ3n) is 3.45. The van der Waals surface area contributed by atoms with E-state index >= 15 is 0 Å². The van der Waals surface area contributed by atoms with Gasteiger partial charge < -0.3 is 5.32 Å². The van der Waals surface area contributed by atoms with Gasteiger partial charge in [0.05, 0.1) is 5.69 Å². The van der Waals surface area contributed by atoms with Crippen LogP contribution < -0.4 is 5.32 Å². The van der Waals surface area contributed by atoms with Gasteiger partial charge in [-0.1, -0.05) is 44.5 Å². The number of hydrogen-bond acceptors (Lipinski definition) is 3. The Morgan fingerprint density at radius 1 is 1.29 bits per heavy atom. The number of aromatic nitrogens is 3. The molecule has 3 rings (SSSR count). The Labute approximate surface area is 145 Å². The summed E-state index contributed by atoms with van der Waals surface area (Å²) in [7, 11) is 0. The van der Waals surface area contributed by atoms with Gasteiger partial charge in [-0.25, -0.2) is 4.98 Å². The van der Waals surface area contributed by atoms with Gasteiger partial charge in [0.25, 0.3) is 0 Å². The number of nitrogens with zero attached hydrogens (tertiary/aromatic N) is 3. The van der Waals surface area contributed by atoms with Gasteiger partial charge in [-0.2, -0.15) is 4.98 Å². The number of halogens is 1. The minimum absolute atomic E-state index is 0.0748. The van der Waals surface area contributed by atoms with Crippen molar-refractivity contribution < 1.29 is 4.79 Å². The number of carbonyl (C=O) groups excluding carboxylic acids is 1. The van der Waals surface area contributed by atoms with E-state index in [4.69, 9.17) is 11.6 Å². The fraction of sp³-hybridized carbons (Fsp3) is 0.278. The Morgan fingerprint density at radius 3 is 2.79 bits per heavy atom. The molecule has 0 saturated carbocycles. The average Bonchev–Trinajstić information content (AvgIpc) is 2.82. The maximum Gasteiger partial charge on any atom is 0.236 e. The maximum atomic E-state index is 12.3. The molecule has 0 aliphatic rings. The van der Waals surface area contributed by atoms with Crippen molar-refractivity contribution in [1.29, 1.82) is 0 Å². The summed E-state index contributed by atoms with van der Waals surface area (Å²) in [6.45, 7) is 6.07. The number of amides is 1. The van der Waals surface area contributed by atoms with Gasteiger partial charge in [0, 0.05) is 29.4 Å². The van der Waals surface area contributed by atoms with E-state index in [1.165, 1.54) is 0 Å². The molecule has 124 valence electrons. The molecule has 1 aromatic carbocycles. The largest absolute Gasteiger partial charge is 0.309 e. The Hall–Kier alpha value is -2.40. The molecular formula is C18H19ClN4O. The highest BCUT2D eigenvalue weighted by Gasteiger charge is 2.20. The van der Waals surface area contributed by atoms with E-state index < -0.39 is 0 Å². The number of imidazole rings is 1. The van der Waals surface area contributed by atoms with Gasteiger partial charge in [0.15, 0.2) is 5.82 Å². The van der Waals surface area contributed by atoms with Crippen molar-refractivity contribution in [2.24, 2.45) is 5.41 Å². The van der Waals surface area contributed by atoms with Crippen LogP contribution in [0.1, 0.15) is 27.2 Å². The first-order chi connectivity index (χ1) is 11.3. The first-order valence-corrected chi connectivity index (χ1v) is 8.10. The predicted molar refractivity (Wildman–Crippen MR) is 96.1 cm³/mol. The normalized spacial score (nSPS) is 11.7. The SMILES string of the molecule is CC(C)(C)CC(=O)Nc1nc2ncccn2c1-c1cccc(Cl)c1. The first kappa shape index (κ1) is 16.5. The highest BCUT2D eigenvalue weighted by Crippen LogP contribution is 2.30. The molecule has 0 aliphatic heterocycles. The quantitative estimate of drug-likeness (QED) is 0.766. The summed E-state index contributed by atoms with van der Waals surface area (Å²) in [5.41, 5.74) is 1.54. The summed E-state index contributed by atoms with van der Waals surface area (Å²) < 4.78 is 1.85. The summed E-state index contributed by atoms with van der Waals surface area (Å²) in [4.78, 5) is 21.1. The minimum Gasteiger partial charge on any atom is -0.309 e. The number of carbonyl (C=O) groups is 1. The van der Waals surface area contributed by atoms with Gasteiger partial charge in [-0.05, 0) is 23.6 Å². The molecule has 0 spiro atoms. The fourth-order valence-electron chi connectivity index (χ4n) is 2.54. The molecule has 24 heavy (non-hydrogen) atoms. The van der Waals surface area contributed by atoms with Crippen molar-refractivity contribution in [2.45, 2.75) is 27.2 Å². The van der Waals surface area contributed by atoms with E-state index in [-0.39, 0.29) is 11.3 Å². The lowest BCUT2D eigenvalue weighted by atomic mass is 9.92. The smallest absolute Gasteiger partial charge is 0.236 e. The van der Waals surface area contributed by atoms with E-state index in [0.29, 0.717) is 23.0 Å². The number of benzene rings is 1. The maximum absolute atomic E-state index is 12.3. The van der Waals surface area contributed by atoms with E-state index in [1.54, 1.807) is 6.20 Å². The molecule has 1 amide bonds. The molecule has 6 heteroatoms. The molecule has 0 radical (unpaired) electrons. The Balaban J connectivity index is 2.07. The number of hydrogen-bond donors (Lipinski definition) is 1. The highest BCUT2D eigenvalue weighted by atomic mass is 35.5. The summed E-state index contributed by atoms with van der Waals surface area (Å²) in [6.07, 6.45) is 3.94. The van der Waals surface area contributed by atoms with Crippen molar-refractivity contribution in [3.63, 3.8) is 0 Å². The predicted octanol–water partition coefficient (Wildman–Crippen LogP) is 4.42. The molecule has 0 fully saturated rings. The zero-order chi connectivity index (χ0) is 17.3. The van der Waals surface area contributed by atoms with Crippen LogP contribution in [0.15, 0.2) is 42.7 Å². The van der Waals surface area contributed by atoms with Crippen molar-refractivity contribution in [1.82, 2.24) is 14.4 Å². The zero-order valence-corrected chi connectivity index (χ0v) is 14.6. The second-order valence-corrected chi connectivity index (χ2v) is 7.33. The molecule has 2 aromatic heterocycles. The number of rotatable bonds is 3. The van der Waals surface area contributed by atoms with Crippen LogP contribution in [0.5, 0.6) is 0 Å². The number of nitrogens with one attached hydrogen (secondary N) is 1. The summed E-state index contributed by atoms with van der Waals surface area (Å²) in [6, 6.07) is 9.28. The third-order valence-corrected chi connectivity index (χ3v) is 3.69. The van der Waals surface area contributed by atoms with Crippen molar-refractivity contribution >= 4 is 29.1 Å². The lowest BCUT2D eigenvalue weighted by molar-refractivity contribution is -0.117. The van der Waals surface area contributed by atoms with Crippen LogP contribution >= 0.6 is 11.6 Å². The Morgan fingerprint density at radius 2 is 2.08 bits per heavy atom. The van der Waals surface area contributed by atoms with Gasteiger partial charge in [-0.15, -0.1) is 0 Å². The Kier molecular flexibility index (Phi) is 4.28. The van der Waals surface area contributed by atoms with Crippen LogP contribution in [0.4, 0.5) is 5.82 Å². The van der Waals surface area contributed by atoms with Crippen LogP contribution in [0.3, 0.4) is 0 Å². The summed E-state index contributed by atoms with van der Waals surface area (Å²) in [5, 5.41) is 3.54. The second kappa shape index (κ2) is 6.24. The van der Waals surface area contributed by atoms with Crippen LogP contribution in [0.25, 0.3) is 17.0 Å². The van der Waals surface area contributed by atoms with Crippen LogP contribution in [0.2, 0.25) is 5.02 Å². The van der Waals surface area contributed by atoms with E-state index in [1.807, 2.05) is 61.7 Å².